The van der Waals surface area contributed by atoms with Gasteiger partial charge in [0.05, 0.1) is 16.9 Å². The standard InChI is InChI=1S/C11H12ClNO6S/c12-7-1-3-8(4-2-7)20(18,19)13-9(11(16)17)5-6-10(14)15/h1-4,9,13H,5-6H2,(H,14,15)(H,16,17)/p-2/t9-/m1/s1. The molecule has 110 valence electrons. The van der Waals surface area contributed by atoms with E-state index in [2.05, 4.69) is 0 Å². The predicted molar refractivity (Wildman–Crippen MR) is 64.8 cm³/mol. The van der Waals surface area contributed by atoms with Crippen LogP contribution in [0.5, 0.6) is 0 Å². The van der Waals surface area contributed by atoms with E-state index in [9.17, 15) is 28.2 Å². The molecule has 0 fully saturated rings. The first-order chi connectivity index (χ1) is 9.22. The van der Waals surface area contributed by atoms with Crippen LogP contribution in [0.4, 0.5) is 0 Å². The number of carbonyl (C=O) groups is 2. The summed E-state index contributed by atoms with van der Waals surface area (Å²) in [6.07, 6.45) is -1.08. The first-order valence-electron chi connectivity index (χ1n) is 5.41. The monoisotopic (exact) mass is 319 g/mol. The minimum Gasteiger partial charge on any atom is -0.550 e. The van der Waals surface area contributed by atoms with Gasteiger partial charge in [0.2, 0.25) is 10.0 Å². The number of aliphatic carboxylic acids is 2. The Hall–Kier alpha value is -1.64. The number of carboxylic acids is 2. The molecule has 1 atom stereocenters. The van der Waals surface area contributed by atoms with E-state index in [-0.39, 0.29) is 4.90 Å². The quantitative estimate of drug-likeness (QED) is 0.636. The Bertz CT molecular complexity index is 598. The van der Waals surface area contributed by atoms with Gasteiger partial charge in [-0.3, -0.25) is 0 Å². The van der Waals surface area contributed by atoms with Crippen LogP contribution in [0.25, 0.3) is 0 Å². The van der Waals surface area contributed by atoms with Crippen LogP contribution in [0, 0.1) is 0 Å². The number of sulfonamides is 1. The average Bonchev–Trinajstić information content (AvgIpc) is 2.34. The molecular formula is C11H10ClNO6S-2. The van der Waals surface area contributed by atoms with E-state index in [4.69, 9.17) is 11.6 Å². The molecule has 9 heteroatoms. The van der Waals surface area contributed by atoms with Gasteiger partial charge in [0, 0.05) is 11.0 Å². The number of carboxylic acid groups (broad SMARTS) is 2. The minimum absolute atomic E-state index is 0.193. The van der Waals surface area contributed by atoms with E-state index in [1.165, 1.54) is 24.3 Å². The molecule has 0 amide bonds. The topological polar surface area (TPSA) is 126 Å². The second-order valence-corrected chi connectivity index (χ2v) is 6.01. The van der Waals surface area contributed by atoms with Crippen molar-refractivity contribution in [1.29, 1.82) is 0 Å². The Labute approximate surface area is 120 Å². The molecule has 0 radical (unpaired) electrons. The highest BCUT2D eigenvalue weighted by atomic mass is 35.5. The molecule has 1 aromatic rings. The lowest BCUT2D eigenvalue weighted by Crippen LogP contribution is -2.48. The van der Waals surface area contributed by atoms with E-state index >= 15 is 0 Å². The smallest absolute Gasteiger partial charge is 0.241 e. The third kappa shape index (κ3) is 4.80. The van der Waals surface area contributed by atoms with Crippen LogP contribution in [-0.4, -0.2) is 26.4 Å². The summed E-state index contributed by atoms with van der Waals surface area (Å²) < 4.78 is 25.6. The number of nitrogens with one attached hydrogen (secondary N) is 1. The van der Waals surface area contributed by atoms with Gasteiger partial charge in [-0.05, 0) is 37.1 Å². The van der Waals surface area contributed by atoms with Crippen LogP contribution in [0.2, 0.25) is 5.02 Å². The first kappa shape index (κ1) is 16.4. The van der Waals surface area contributed by atoms with Crippen LogP contribution < -0.4 is 14.9 Å². The van der Waals surface area contributed by atoms with Gasteiger partial charge >= 0.3 is 0 Å². The Morgan fingerprint density at radius 1 is 1.20 bits per heavy atom. The van der Waals surface area contributed by atoms with Gasteiger partial charge in [-0.15, -0.1) is 0 Å². The summed E-state index contributed by atoms with van der Waals surface area (Å²) >= 11 is 5.61. The van der Waals surface area contributed by atoms with Gasteiger partial charge in [-0.2, -0.15) is 0 Å². The maximum atomic E-state index is 11.9. The third-order valence-corrected chi connectivity index (χ3v) is 4.08. The van der Waals surface area contributed by atoms with Gasteiger partial charge in [-0.25, -0.2) is 13.1 Å². The molecular weight excluding hydrogens is 310 g/mol. The molecule has 1 N–H and O–H groups in total. The molecule has 0 aromatic heterocycles. The SMILES string of the molecule is O=C([O-])CC[C@@H](NS(=O)(=O)c1ccc(Cl)cc1)C(=O)[O-]. The van der Waals surface area contributed by atoms with E-state index < -0.39 is 40.8 Å². The minimum atomic E-state index is -4.11. The van der Waals surface area contributed by atoms with Crippen molar-refractivity contribution in [3.63, 3.8) is 0 Å². The number of rotatable bonds is 7. The van der Waals surface area contributed by atoms with Gasteiger partial charge in [-0.1, -0.05) is 11.6 Å². The van der Waals surface area contributed by atoms with Crippen molar-refractivity contribution in [3.8, 4) is 0 Å². The summed E-state index contributed by atoms with van der Waals surface area (Å²) in [5.74, 6) is -3.20. The zero-order valence-electron chi connectivity index (χ0n) is 10.0. The molecule has 0 saturated carbocycles. The van der Waals surface area contributed by atoms with Crippen LogP contribution in [-0.2, 0) is 19.6 Å². The summed E-state index contributed by atoms with van der Waals surface area (Å²) in [4.78, 5) is 20.9. The number of hydrogen-bond donors (Lipinski definition) is 1. The lowest BCUT2D eigenvalue weighted by Gasteiger charge is -2.19. The second kappa shape index (κ2) is 6.69. The fraction of sp³-hybridized carbons (Fsp3) is 0.273. The Morgan fingerprint density at radius 3 is 2.20 bits per heavy atom. The lowest BCUT2D eigenvalue weighted by atomic mass is 10.2. The fourth-order valence-corrected chi connectivity index (χ4v) is 2.70. The largest absolute Gasteiger partial charge is 0.550 e. The second-order valence-electron chi connectivity index (χ2n) is 3.86. The van der Waals surface area contributed by atoms with Gasteiger partial charge in [0.15, 0.2) is 0 Å². The summed E-state index contributed by atoms with van der Waals surface area (Å²) in [7, 11) is -4.11. The molecule has 0 bridgehead atoms. The molecule has 0 aliphatic carbocycles. The number of benzene rings is 1. The highest BCUT2D eigenvalue weighted by Gasteiger charge is 2.20. The van der Waals surface area contributed by atoms with Crippen LogP contribution in [0.1, 0.15) is 12.8 Å². The molecule has 0 aliphatic rings. The number of carbonyl (C=O) groups excluding carboxylic acids is 2. The number of hydrogen-bond acceptors (Lipinski definition) is 6. The van der Waals surface area contributed by atoms with Crippen molar-refractivity contribution < 1.29 is 28.2 Å². The van der Waals surface area contributed by atoms with E-state index in [1.54, 1.807) is 0 Å². The maximum Gasteiger partial charge on any atom is 0.241 e. The summed E-state index contributed by atoms with van der Waals surface area (Å²) in [6, 6.07) is 3.37. The normalized spacial score (nSPS) is 12.8. The first-order valence-corrected chi connectivity index (χ1v) is 7.27. The Kier molecular flexibility index (Phi) is 5.49. The highest BCUT2D eigenvalue weighted by Crippen LogP contribution is 2.14. The van der Waals surface area contributed by atoms with Crippen molar-refractivity contribution in [1.82, 2.24) is 4.72 Å². The maximum absolute atomic E-state index is 11.9. The van der Waals surface area contributed by atoms with Crippen LogP contribution in [0.15, 0.2) is 29.2 Å². The molecule has 0 saturated heterocycles. The molecule has 1 rings (SSSR count). The summed E-state index contributed by atoms with van der Waals surface area (Å²) in [6.45, 7) is 0. The lowest BCUT2D eigenvalue weighted by molar-refractivity contribution is -0.309. The average molecular weight is 320 g/mol. The van der Waals surface area contributed by atoms with Crippen LogP contribution in [0.3, 0.4) is 0 Å². The third-order valence-electron chi connectivity index (χ3n) is 2.34. The van der Waals surface area contributed by atoms with Gasteiger partial charge in [0.1, 0.15) is 0 Å². The molecule has 0 spiro atoms. The Morgan fingerprint density at radius 2 is 1.75 bits per heavy atom. The zero-order chi connectivity index (χ0) is 15.3. The van der Waals surface area contributed by atoms with Crippen molar-refractivity contribution in [2.75, 3.05) is 0 Å². The van der Waals surface area contributed by atoms with Crippen molar-refractivity contribution in [3.05, 3.63) is 29.3 Å². The molecule has 1 aromatic carbocycles. The molecule has 7 nitrogen and oxygen atoms in total. The molecule has 0 unspecified atom stereocenters. The van der Waals surface area contributed by atoms with Crippen LogP contribution >= 0.6 is 11.6 Å². The zero-order valence-corrected chi connectivity index (χ0v) is 11.6. The van der Waals surface area contributed by atoms with E-state index in [0.29, 0.717) is 5.02 Å². The van der Waals surface area contributed by atoms with Gasteiger partial charge < -0.3 is 19.8 Å². The van der Waals surface area contributed by atoms with Crippen molar-refractivity contribution in [2.24, 2.45) is 0 Å². The summed E-state index contributed by atoms with van der Waals surface area (Å²) in [5, 5.41) is 21.4. The van der Waals surface area contributed by atoms with E-state index in [0.717, 1.165) is 0 Å². The van der Waals surface area contributed by atoms with Crippen molar-refractivity contribution in [2.45, 2.75) is 23.8 Å². The van der Waals surface area contributed by atoms with E-state index in [1.807, 2.05) is 4.72 Å². The molecule has 0 aliphatic heterocycles. The number of halogens is 1. The highest BCUT2D eigenvalue weighted by molar-refractivity contribution is 7.89. The fourth-order valence-electron chi connectivity index (χ4n) is 1.36. The Balaban J connectivity index is 2.88. The van der Waals surface area contributed by atoms with Gasteiger partial charge in [0.25, 0.3) is 0 Å². The van der Waals surface area contributed by atoms with Crippen molar-refractivity contribution >= 4 is 33.6 Å². The molecule has 20 heavy (non-hydrogen) atoms. The summed E-state index contributed by atoms with van der Waals surface area (Å²) in [5.41, 5.74) is 0. The predicted octanol–water partition coefficient (Wildman–Crippen LogP) is -1.73. The molecule has 0 heterocycles.